The van der Waals surface area contributed by atoms with Gasteiger partial charge in [0, 0.05) is 25.7 Å². The van der Waals surface area contributed by atoms with Crippen molar-refractivity contribution in [2.75, 3.05) is 20.2 Å². The van der Waals surface area contributed by atoms with Gasteiger partial charge in [0.2, 0.25) is 11.8 Å². The van der Waals surface area contributed by atoms with E-state index in [1.165, 1.54) is 0 Å². The van der Waals surface area contributed by atoms with Crippen molar-refractivity contribution in [2.24, 2.45) is 5.92 Å². The molecule has 33 heavy (non-hydrogen) atoms. The Morgan fingerprint density at radius 3 is 2.67 bits per heavy atom. The number of benzene rings is 2. The van der Waals surface area contributed by atoms with Crippen LogP contribution in [0.15, 0.2) is 60.8 Å². The van der Waals surface area contributed by atoms with Crippen LogP contribution in [0.1, 0.15) is 18.2 Å². The monoisotopic (exact) mass is 446 g/mol. The van der Waals surface area contributed by atoms with Gasteiger partial charge in [0.05, 0.1) is 25.3 Å². The lowest BCUT2D eigenvalue weighted by Crippen LogP contribution is -2.59. The topological polar surface area (TPSA) is 76.5 Å². The molecule has 7 heteroatoms. The summed E-state index contributed by atoms with van der Waals surface area (Å²) in [7, 11) is 1.65. The normalized spacial score (nSPS) is 16.9. The average molecular weight is 447 g/mol. The van der Waals surface area contributed by atoms with Crippen LogP contribution >= 0.6 is 0 Å². The number of hydrogen-bond acceptors (Lipinski definition) is 4. The van der Waals surface area contributed by atoms with Crippen LogP contribution in [0.2, 0.25) is 0 Å². The molecule has 172 valence electrons. The second-order valence-corrected chi connectivity index (χ2v) is 8.55. The lowest BCUT2D eigenvalue weighted by atomic mass is 9.96. The second-order valence-electron chi connectivity index (χ2n) is 8.55. The first-order valence-electron chi connectivity index (χ1n) is 11.3. The van der Waals surface area contributed by atoms with Crippen LogP contribution in [0.4, 0.5) is 0 Å². The zero-order valence-corrected chi connectivity index (χ0v) is 19.3. The number of ether oxygens (including phenoxy) is 1. The van der Waals surface area contributed by atoms with Crippen LogP contribution in [0.5, 0.6) is 5.75 Å². The van der Waals surface area contributed by atoms with E-state index in [0.717, 1.165) is 28.1 Å². The molecular weight excluding hydrogens is 416 g/mol. The van der Waals surface area contributed by atoms with Gasteiger partial charge in [0.15, 0.2) is 0 Å². The molecule has 0 bridgehead atoms. The Bertz CT molecular complexity index is 1120. The molecule has 7 nitrogen and oxygen atoms in total. The number of aromatic nitrogens is 2. The van der Waals surface area contributed by atoms with E-state index in [1.807, 2.05) is 68.6 Å². The molecule has 1 aromatic heterocycles. The molecule has 1 saturated heterocycles. The Hall–Kier alpha value is -3.61. The zero-order chi connectivity index (χ0) is 23.4. The summed E-state index contributed by atoms with van der Waals surface area (Å²) in [6, 6.07) is 17.4. The second kappa shape index (κ2) is 9.90. The number of carbonyl (C=O) groups excluding carboxylic acids is 2. The van der Waals surface area contributed by atoms with E-state index in [-0.39, 0.29) is 17.7 Å². The molecular formula is C26H30N4O3. The molecule has 0 saturated carbocycles. The number of carbonyl (C=O) groups is 2. The molecule has 1 aliphatic rings. The molecule has 2 heterocycles. The van der Waals surface area contributed by atoms with E-state index in [1.54, 1.807) is 16.7 Å². The Morgan fingerprint density at radius 2 is 1.97 bits per heavy atom. The first-order chi connectivity index (χ1) is 15.9. The van der Waals surface area contributed by atoms with Gasteiger partial charge in [-0.2, -0.15) is 5.10 Å². The number of methoxy groups -OCH3 is 1. The molecule has 1 aliphatic heterocycles. The van der Waals surface area contributed by atoms with Gasteiger partial charge in [-0.15, -0.1) is 0 Å². The third-order valence-corrected chi connectivity index (χ3v) is 6.05. The van der Waals surface area contributed by atoms with Crippen LogP contribution in [0.25, 0.3) is 11.1 Å². The Balaban J connectivity index is 1.51. The van der Waals surface area contributed by atoms with E-state index in [0.29, 0.717) is 26.1 Å². The minimum atomic E-state index is -0.529. The Morgan fingerprint density at radius 1 is 1.18 bits per heavy atom. The quantitative estimate of drug-likeness (QED) is 0.605. The van der Waals surface area contributed by atoms with Crippen molar-refractivity contribution in [3.05, 3.63) is 72.1 Å². The van der Waals surface area contributed by atoms with Gasteiger partial charge in [-0.1, -0.05) is 43.3 Å². The predicted octanol–water partition coefficient (Wildman–Crippen LogP) is 3.07. The van der Waals surface area contributed by atoms with Crippen molar-refractivity contribution in [2.45, 2.75) is 32.9 Å². The molecule has 0 radical (unpaired) electrons. The summed E-state index contributed by atoms with van der Waals surface area (Å²) >= 11 is 0. The molecule has 2 atom stereocenters. The summed E-state index contributed by atoms with van der Waals surface area (Å²) in [5, 5.41) is 7.31. The van der Waals surface area contributed by atoms with Gasteiger partial charge in [-0.05, 0) is 41.8 Å². The number of amides is 2. The van der Waals surface area contributed by atoms with Crippen molar-refractivity contribution in [3.63, 3.8) is 0 Å². The van der Waals surface area contributed by atoms with Crippen molar-refractivity contribution >= 4 is 11.8 Å². The summed E-state index contributed by atoms with van der Waals surface area (Å²) in [4.78, 5) is 27.8. The number of aryl methyl sites for hydroxylation is 1. The van der Waals surface area contributed by atoms with Gasteiger partial charge >= 0.3 is 0 Å². The van der Waals surface area contributed by atoms with Crippen molar-refractivity contribution in [3.8, 4) is 16.9 Å². The molecule has 0 spiro atoms. The van der Waals surface area contributed by atoms with Crippen LogP contribution < -0.4 is 10.1 Å². The molecule has 1 N–H and O–H groups in total. The minimum absolute atomic E-state index is 0.0192. The largest absolute Gasteiger partial charge is 0.497 e. The molecule has 2 unspecified atom stereocenters. The maximum Gasteiger partial charge on any atom is 0.243 e. The Kier molecular flexibility index (Phi) is 6.77. The fourth-order valence-electron chi connectivity index (χ4n) is 4.27. The third kappa shape index (κ3) is 5.25. The Labute approximate surface area is 194 Å². The number of hydrogen-bond donors (Lipinski definition) is 1. The van der Waals surface area contributed by atoms with Crippen LogP contribution in [-0.4, -0.2) is 52.7 Å². The standard InChI is InChI=1S/C26H30N4O3/c1-18(17-29-13-11-19(2)28-29)26(32)30-14-12-27-25(31)24(30)16-20-5-4-6-22(15-20)21-7-9-23(33-3)10-8-21/h4-11,13,15,18,24H,12,14,16-17H2,1-3H3,(H,27,31). The first kappa shape index (κ1) is 22.6. The number of nitrogens with one attached hydrogen (secondary N) is 1. The van der Waals surface area contributed by atoms with E-state index >= 15 is 0 Å². The highest BCUT2D eigenvalue weighted by molar-refractivity contribution is 5.89. The molecule has 0 aliphatic carbocycles. The van der Waals surface area contributed by atoms with Gasteiger partial charge in [-0.3, -0.25) is 14.3 Å². The van der Waals surface area contributed by atoms with Gasteiger partial charge in [-0.25, -0.2) is 0 Å². The molecule has 2 amide bonds. The maximum atomic E-state index is 13.3. The molecule has 4 rings (SSSR count). The van der Waals surface area contributed by atoms with Gasteiger partial charge in [0.1, 0.15) is 11.8 Å². The molecule has 3 aromatic rings. The lowest BCUT2D eigenvalue weighted by Gasteiger charge is -2.36. The summed E-state index contributed by atoms with van der Waals surface area (Å²) in [5.41, 5.74) is 4.06. The predicted molar refractivity (Wildman–Crippen MR) is 127 cm³/mol. The first-order valence-corrected chi connectivity index (χ1v) is 11.3. The molecule has 2 aromatic carbocycles. The van der Waals surface area contributed by atoms with Crippen LogP contribution in [0.3, 0.4) is 0 Å². The van der Waals surface area contributed by atoms with Crippen molar-refractivity contribution in [1.29, 1.82) is 0 Å². The third-order valence-electron chi connectivity index (χ3n) is 6.05. The molecule has 1 fully saturated rings. The van der Waals surface area contributed by atoms with Gasteiger partial charge in [0.25, 0.3) is 0 Å². The average Bonchev–Trinajstić information content (AvgIpc) is 3.24. The fourth-order valence-corrected chi connectivity index (χ4v) is 4.27. The van der Waals surface area contributed by atoms with E-state index in [2.05, 4.69) is 16.5 Å². The highest BCUT2D eigenvalue weighted by Gasteiger charge is 2.35. The summed E-state index contributed by atoms with van der Waals surface area (Å²) in [6.45, 7) is 5.29. The lowest BCUT2D eigenvalue weighted by molar-refractivity contribution is -0.146. The smallest absolute Gasteiger partial charge is 0.243 e. The van der Waals surface area contributed by atoms with Crippen LogP contribution in [0, 0.1) is 12.8 Å². The number of nitrogens with zero attached hydrogens (tertiary/aromatic N) is 3. The highest BCUT2D eigenvalue weighted by Crippen LogP contribution is 2.25. The highest BCUT2D eigenvalue weighted by atomic mass is 16.5. The van der Waals surface area contributed by atoms with E-state index in [4.69, 9.17) is 4.74 Å². The minimum Gasteiger partial charge on any atom is -0.497 e. The zero-order valence-electron chi connectivity index (χ0n) is 19.3. The van der Waals surface area contributed by atoms with E-state index < -0.39 is 6.04 Å². The summed E-state index contributed by atoms with van der Waals surface area (Å²) < 4.78 is 7.03. The van der Waals surface area contributed by atoms with Gasteiger partial charge < -0.3 is 15.0 Å². The fraction of sp³-hybridized carbons (Fsp3) is 0.346. The summed E-state index contributed by atoms with van der Waals surface area (Å²) in [5.74, 6) is 0.409. The van der Waals surface area contributed by atoms with E-state index in [9.17, 15) is 9.59 Å². The maximum absolute atomic E-state index is 13.3. The van der Waals surface area contributed by atoms with Crippen LogP contribution in [-0.2, 0) is 22.6 Å². The number of piperazine rings is 1. The SMILES string of the molecule is COc1ccc(-c2cccc(CC3C(=O)NCCN3C(=O)C(C)Cn3ccc(C)n3)c2)cc1. The summed E-state index contributed by atoms with van der Waals surface area (Å²) in [6.07, 6.45) is 2.35. The van der Waals surface area contributed by atoms with Crippen molar-refractivity contribution in [1.82, 2.24) is 20.0 Å². The number of rotatable bonds is 7. The van der Waals surface area contributed by atoms with Crippen molar-refractivity contribution < 1.29 is 14.3 Å².